The second-order valence-corrected chi connectivity index (χ2v) is 25.5. The molecule has 81 heavy (non-hydrogen) atoms. The van der Waals surface area contributed by atoms with Gasteiger partial charge in [0.25, 0.3) is 0 Å². The second-order valence-electron chi connectivity index (χ2n) is 25.5. The first kappa shape index (κ1) is 78.8. The predicted molar refractivity (Wildman–Crippen MR) is 343 cm³/mol. The topological polar surface area (TPSA) is 111 Å². The summed E-state index contributed by atoms with van der Waals surface area (Å²) in [7, 11) is 5.94. The molecule has 478 valence electrons. The van der Waals surface area contributed by atoms with Gasteiger partial charge in [0.1, 0.15) is 13.2 Å². The minimum atomic E-state index is -1.62. The van der Waals surface area contributed by atoms with Crippen molar-refractivity contribution in [2.45, 2.75) is 373 Å². The number of allylic oxidation sites excluding steroid dienone is 4. The van der Waals surface area contributed by atoms with Crippen molar-refractivity contribution in [1.82, 2.24) is 0 Å². The molecule has 0 saturated carbocycles. The third-order valence-corrected chi connectivity index (χ3v) is 16.2. The molecular weight excluding hydrogens is 1010 g/mol. The first-order chi connectivity index (χ1) is 39.6. The normalized spacial score (nSPS) is 12.8. The summed E-state index contributed by atoms with van der Waals surface area (Å²) >= 11 is 0. The van der Waals surface area contributed by atoms with Crippen LogP contribution in [-0.4, -0.2) is 82.3 Å². The number of likely N-dealkylation sites (N-methyl/N-ethyl adjacent to an activating group) is 1. The summed E-state index contributed by atoms with van der Waals surface area (Å²) in [4.78, 5) is 37.4. The van der Waals surface area contributed by atoms with Gasteiger partial charge in [-0.15, -0.1) is 0 Å². The van der Waals surface area contributed by atoms with Crippen LogP contribution in [0.1, 0.15) is 361 Å². The van der Waals surface area contributed by atoms with Gasteiger partial charge in [-0.1, -0.05) is 327 Å². The Kier molecular flexibility index (Phi) is 62.0. The highest BCUT2D eigenvalue weighted by Gasteiger charge is 2.22. The van der Waals surface area contributed by atoms with Crippen LogP contribution in [0.25, 0.3) is 0 Å². The molecule has 0 radical (unpaired) electrons. The summed E-state index contributed by atoms with van der Waals surface area (Å²) in [6.07, 6.45) is 75.7. The molecule has 0 fully saturated rings. The Morgan fingerprint density at radius 2 is 0.667 bits per heavy atom. The minimum Gasteiger partial charge on any atom is -0.545 e. The molecule has 0 amide bonds. The number of carboxylic acid groups (broad SMARTS) is 1. The van der Waals surface area contributed by atoms with Gasteiger partial charge in [-0.3, -0.25) is 9.59 Å². The molecule has 9 nitrogen and oxygen atoms in total. The average Bonchev–Trinajstić information content (AvgIpc) is 3.44. The van der Waals surface area contributed by atoms with Gasteiger partial charge in [0.05, 0.1) is 40.3 Å². The maximum atomic E-state index is 12.9. The summed E-state index contributed by atoms with van der Waals surface area (Å²) in [5.41, 5.74) is 0. The molecule has 9 heteroatoms. The smallest absolute Gasteiger partial charge is 0.306 e. The van der Waals surface area contributed by atoms with Gasteiger partial charge in [-0.2, -0.15) is 0 Å². The first-order valence-corrected chi connectivity index (χ1v) is 35.5. The number of rotatable bonds is 67. The van der Waals surface area contributed by atoms with Crippen molar-refractivity contribution < 1.29 is 42.9 Å². The summed E-state index contributed by atoms with van der Waals surface area (Å²) < 4.78 is 22.8. The highest BCUT2D eigenvalue weighted by atomic mass is 16.7. The largest absolute Gasteiger partial charge is 0.545 e. The molecule has 0 aliphatic carbocycles. The number of quaternary nitrogens is 1. The SMILES string of the molecule is CCCCC/C=C\C/C=C\CCCCCCCCCCCC(=O)OC(COC(=O)CCCCCCCCCCCCCCCCCCCCCCCCCCCCCCCCCCCCCCC)COC(OCC[N+](C)(C)C)C(=O)[O-]. The standard InChI is InChI=1S/C72H137NO8/c1-6-8-10-12-14-16-18-20-22-24-26-27-28-29-30-31-32-33-34-35-36-37-38-39-40-41-42-43-45-46-48-50-52-54-56-58-60-62-69(74)79-66-68(67-80-72(71(76)77)78-65-64-73(3,4)5)81-70(75)63-61-59-57-55-53-51-49-47-44-25-23-21-19-17-15-13-11-9-7-2/h15,17,21,23,68,72H,6-14,16,18-20,22,24-67H2,1-5H3/b17-15-,23-21-. The van der Waals surface area contributed by atoms with Crippen LogP contribution in [0.15, 0.2) is 24.3 Å². The molecule has 0 saturated heterocycles. The van der Waals surface area contributed by atoms with Crippen molar-refractivity contribution in [3.05, 3.63) is 24.3 Å². The highest BCUT2D eigenvalue weighted by Crippen LogP contribution is 2.19. The highest BCUT2D eigenvalue weighted by molar-refractivity contribution is 5.70. The molecule has 0 aromatic rings. The van der Waals surface area contributed by atoms with E-state index in [1.807, 2.05) is 21.1 Å². The van der Waals surface area contributed by atoms with Crippen LogP contribution in [-0.2, 0) is 33.3 Å². The lowest BCUT2D eigenvalue weighted by molar-refractivity contribution is -0.870. The summed E-state index contributed by atoms with van der Waals surface area (Å²) in [6, 6.07) is 0. The number of carbonyl (C=O) groups excluding carboxylic acids is 3. The molecule has 2 atom stereocenters. The van der Waals surface area contributed by atoms with E-state index in [4.69, 9.17) is 18.9 Å². The van der Waals surface area contributed by atoms with E-state index in [-0.39, 0.29) is 32.2 Å². The Labute approximate surface area is 503 Å². The van der Waals surface area contributed by atoms with E-state index in [0.29, 0.717) is 23.9 Å². The number of carbonyl (C=O) groups is 3. The molecule has 0 heterocycles. The number of hydrogen-bond acceptors (Lipinski definition) is 8. The lowest BCUT2D eigenvalue weighted by Crippen LogP contribution is -2.44. The quantitative estimate of drug-likeness (QED) is 0.0195. The van der Waals surface area contributed by atoms with Crippen molar-refractivity contribution in [2.75, 3.05) is 47.5 Å². The summed E-state index contributed by atoms with van der Waals surface area (Å²) in [5.74, 6) is -2.26. The van der Waals surface area contributed by atoms with Crippen molar-refractivity contribution in [3.8, 4) is 0 Å². The van der Waals surface area contributed by atoms with Crippen LogP contribution in [0.4, 0.5) is 0 Å². The van der Waals surface area contributed by atoms with E-state index in [2.05, 4.69) is 38.2 Å². The lowest BCUT2D eigenvalue weighted by Gasteiger charge is -2.26. The van der Waals surface area contributed by atoms with Crippen LogP contribution in [0.5, 0.6) is 0 Å². The molecule has 0 rings (SSSR count). The fourth-order valence-corrected chi connectivity index (χ4v) is 10.7. The Morgan fingerprint density at radius 1 is 0.370 bits per heavy atom. The van der Waals surface area contributed by atoms with E-state index < -0.39 is 24.3 Å². The third-order valence-electron chi connectivity index (χ3n) is 16.2. The van der Waals surface area contributed by atoms with Crippen LogP contribution in [0, 0.1) is 0 Å². The molecular formula is C72H137NO8. The summed E-state index contributed by atoms with van der Waals surface area (Å²) in [6.45, 7) is 4.78. The van der Waals surface area contributed by atoms with Gasteiger partial charge in [0, 0.05) is 12.8 Å². The van der Waals surface area contributed by atoms with Gasteiger partial charge in [0.15, 0.2) is 12.4 Å². The molecule has 0 bridgehead atoms. The van der Waals surface area contributed by atoms with Crippen molar-refractivity contribution in [1.29, 1.82) is 0 Å². The molecule has 0 spiro atoms. The number of aliphatic carboxylic acids is 1. The Hall–Kier alpha value is -2.23. The zero-order valence-electron chi connectivity index (χ0n) is 54.7. The Morgan fingerprint density at radius 3 is 1.00 bits per heavy atom. The van der Waals surface area contributed by atoms with Gasteiger partial charge in [0.2, 0.25) is 0 Å². The van der Waals surface area contributed by atoms with Gasteiger partial charge >= 0.3 is 11.9 Å². The number of ether oxygens (including phenoxy) is 4. The molecule has 0 aliphatic rings. The average molecular weight is 1140 g/mol. The molecule has 0 aliphatic heterocycles. The minimum absolute atomic E-state index is 0.149. The second kappa shape index (κ2) is 63.8. The number of esters is 2. The van der Waals surface area contributed by atoms with Gasteiger partial charge < -0.3 is 33.3 Å². The monoisotopic (exact) mass is 1140 g/mol. The zero-order chi connectivity index (χ0) is 59.1. The zero-order valence-corrected chi connectivity index (χ0v) is 54.7. The number of unbranched alkanes of at least 4 members (excludes halogenated alkanes) is 48. The van der Waals surface area contributed by atoms with Crippen molar-refractivity contribution >= 4 is 17.9 Å². The van der Waals surface area contributed by atoms with Crippen molar-refractivity contribution in [3.63, 3.8) is 0 Å². The molecule has 0 aromatic heterocycles. The van der Waals surface area contributed by atoms with E-state index >= 15 is 0 Å². The molecule has 2 unspecified atom stereocenters. The van der Waals surface area contributed by atoms with Crippen LogP contribution in [0.2, 0.25) is 0 Å². The Balaban J connectivity index is 3.95. The number of carboxylic acids is 1. The summed E-state index contributed by atoms with van der Waals surface area (Å²) in [5, 5.41) is 11.8. The maximum Gasteiger partial charge on any atom is 0.306 e. The van der Waals surface area contributed by atoms with E-state index in [0.717, 1.165) is 51.4 Å². The fourth-order valence-electron chi connectivity index (χ4n) is 10.7. The lowest BCUT2D eigenvalue weighted by atomic mass is 10.0. The Bertz CT molecular complexity index is 1380. The van der Waals surface area contributed by atoms with E-state index in [9.17, 15) is 19.5 Å². The van der Waals surface area contributed by atoms with Crippen LogP contribution in [0.3, 0.4) is 0 Å². The maximum absolute atomic E-state index is 12.9. The third kappa shape index (κ3) is 65.2. The van der Waals surface area contributed by atoms with E-state index in [1.165, 1.54) is 276 Å². The molecule has 0 N–H and O–H groups in total. The van der Waals surface area contributed by atoms with Gasteiger partial charge in [-0.25, -0.2) is 0 Å². The van der Waals surface area contributed by atoms with Crippen molar-refractivity contribution in [2.24, 2.45) is 0 Å². The van der Waals surface area contributed by atoms with Gasteiger partial charge in [-0.05, 0) is 44.9 Å². The number of hydrogen-bond donors (Lipinski definition) is 0. The van der Waals surface area contributed by atoms with E-state index in [1.54, 1.807) is 0 Å². The fraction of sp³-hybridized carbons (Fsp3) is 0.903. The van der Waals surface area contributed by atoms with Crippen LogP contribution >= 0.6 is 0 Å². The first-order valence-electron chi connectivity index (χ1n) is 35.5. The predicted octanol–water partition coefficient (Wildman–Crippen LogP) is 20.5. The van der Waals surface area contributed by atoms with Crippen LogP contribution < -0.4 is 5.11 Å². The molecule has 0 aromatic carbocycles. The number of nitrogens with zero attached hydrogens (tertiary/aromatic N) is 1.